The molecule has 7 nitrogen and oxygen atoms in total. The monoisotopic (exact) mass is 300 g/mol. The number of aromatic nitrogens is 4. The molecule has 1 atom stereocenters. The number of anilines is 1. The van der Waals surface area contributed by atoms with Gasteiger partial charge in [0.2, 0.25) is 5.91 Å². The Morgan fingerprint density at radius 3 is 2.95 bits per heavy atom. The van der Waals surface area contributed by atoms with Crippen LogP contribution < -0.4 is 5.73 Å². The minimum absolute atomic E-state index is 0.0443. The Morgan fingerprint density at radius 2 is 2.27 bits per heavy atom. The molecule has 3 heterocycles. The van der Waals surface area contributed by atoms with Crippen LogP contribution in [0.1, 0.15) is 37.9 Å². The highest BCUT2D eigenvalue weighted by atomic mass is 16.2. The summed E-state index contributed by atoms with van der Waals surface area (Å²) in [6.45, 7) is 9.00. The quantitative estimate of drug-likeness (QED) is 0.867. The van der Waals surface area contributed by atoms with E-state index in [0.29, 0.717) is 18.9 Å². The molecule has 1 amide bonds. The smallest absolute Gasteiger partial charge is 0.246 e. The second-order valence-corrected chi connectivity index (χ2v) is 5.87. The van der Waals surface area contributed by atoms with Crippen LogP contribution in [-0.2, 0) is 4.79 Å². The van der Waals surface area contributed by atoms with E-state index in [2.05, 4.69) is 30.4 Å². The SMILES string of the molecule is C=CC(=O)N1CC[C@@H](n2nc(C(C)C)c3c(N)ncnc32)C1. The first-order chi connectivity index (χ1) is 10.5. The van der Waals surface area contributed by atoms with Gasteiger partial charge in [-0.2, -0.15) is 5.10 Å². The van der Waals surface area contributed by atoms with Gasteiger partial charge in [-0.25, -0.2) is 14.6 Å². The van der Waals surface area contributed by atoms with Crippen molar-refractivity contribution in [3.63, 3.8) is 0 Å². The topological polar surface area (TPSA) is 89.9 Å². The Morgan fingerprint density at radius 1 is 1.50 bits per heavy atom. The first-order valence-corrected chi connectivity index (χ1v) is 7.42. The number of amides is 1. The van der Waals surface area contributed by atoms with Crippen LogP contribution in [0.15, 0.2) is 19.0 Å². The number of nitrogen functional groups attached to an aromatic ring is 1. The van der Waals surface area contributed by atoms with Gasteiger partial charge in [-0.05, 0) is 18.4 Å². The van der Waals surface area contributed by atoms with E-state index in [1.165, 1.54) is 12.4 Å². The fourth-order valence-corrected chi connectivity index (χ4v) is 2.95. The summed E-state index contributed by atoms with van der Waals surface area (Å²) in [4.78, 5) is 22.0. The molecule has 22 heavy (non-hydrogen) atoms. The summed E-state index contributed by atoms with van der Waals surface area (Å²) in [5, 5.41) is 5.55. The normalized spacial score (nSPS) is 18.3. The van der Waals surface area contributed by atoms with E-state index >= 15 is 0 Å². The third kappa shape index (κ3) is 2.22. The minimum atomic E-state index is -0.0443. The lowest BCUT2D eigenvalue weighted by atomic mass is 10.1. The van der Waals surface area contributed by atoms with Crippen LogP contribution in [0.5, 0.6) is 0 Å². The van der Waals surface area contributed by atoms with Crippen LogP contribution in [0.4, 0.5) is 5.82 Å². The predicted molar refractivity (Wildman–Crippen MR) is 84.3 cm³/mol. The van der Waals surface area contributed by atoms with E-state index in [1.807, 2.05) is 4.68 Å². The Labute approximate surface area is 128 Å². The number of nitrogens with zero attached hydrogens (tertiary/aromatic N) is 5. The second-order valence-electron chi connectivity index (χ2n) is 5.87. The van der Waals surface area contributed by atoms with Crippen LogP contribution in [0, 0.1) is 0 Å². The molecule has 0 saturated carbocycles. The molecule has 7 heteroatoms. The Bertz CT molecular complexity index is 735. The zero-order valence-electron chi connectivity index (χ0n) is 12.9. The number of hydrogen-bond donors (Lipinski definition) is 1. The first-order valence-electron chi connectivity index (χ1n) is 7.42. The largest absolute Gasteiger partial charge is 0.383 e. The molecular weight excluding hydrogens is 280 g/mol. The molecule has 0 radical (unpaired) electrons. The highest BCUT2D eigenvalue weighted by Crippen LogP contribution is 2.31. The number of rotatable bonds is 3. The van der Waals surface area contributed by atoms with Gasteiger partial charge in [-0.15, -0.1) is 0 Å². The van der Waals surface area contributed by atoms with Gasteiger partial charge < -0.3 is 10.6 Å². The summed E-state index contributed by atoms with van der Waals surface area (Å²) >= 11 is 0. The predicted octanol–water partition coefficient (Wildman–Crippen LogP) is 1.49. The molecule has 1 saturated heterocycles. The molecule has 2 aromatic rings. The van der Waals surface area contributed by atoms with E-state index in [1.54, 1.807) is 4.90 Å². The van der Waals surface area contributed by atoms with Crippen molar-refractivity contribution >= 4 is 22.8 Å². The molecule has 0 aliphatic carbocycles. The molecule has 0 unspecified atom stereocenters. The first kappa shape index (κ1) is 14.5. The van der Waals surface area contributed by atoms with Crippen molar-refractivity contribution in [1.29, 1.82) is 0 Å². The zero-order valence-corrected chi connectivity index (χ0v) is 12.9. The average molecular weight is 300 g/mol. The van der Waals surface area contributed by atoms with Crippen LogP contribution >= 0.6 is 0 Å². The minimum Gasteiger partial charge on any atom is -0.383 e. The van der Waals surface area contributed by atoms with Crippen molar-refractivity contribution in [2.45, 2.75) is 32.2 Å². The Balaban J connectivity index is 2.04. The van der Waals surface area contributed by atoms with Crippen LogP contribution in [-0.4, -0.2) is 43.6 Å². The van der Waals surface area contributed by atoms with Gasteiger partial charge in [0, 0.05) is 13.1 Å². The van der Waals surface area contributed by atoms with Crippen LogP contribution in [0.25, 0.3) is 11.0 Å². The summed E-state index contributed by atoms with van der Waals surface area (Å²) in [7, 11) is 0. The number of likely N-dealkylation sites (tertiary alicyclic amines) is 1. The molecule has 116 valence electrons. The highest BCUT2D eigenvalue weighted by Gasteiger charge is 2.30. The summed E-state index contributed by atoms with van der Waals surface area (Å²) in [6, 6.07) is 0.105. The Kier molecular flexibility index (Phi) is 3.56. The Hall–Kier alpha value is -2.44. The maximum atomic E-state index is 11.8. The highest BCUT2D eigenvalue weighted by molar-refractivity contribution is 5.89. The standard InChI is InChI=1S/C15H20N6O/c1-4-11(22)20-6-5-10(7-20)21-15-12(13(19-21)9(2)3)14(16)17-8-18-15/h4,8-10H,1,5-7H2,2-3H3,(H2,16,17,18)/t10-/m1/s1. The molecular formula is C15H20N6O. The number of hydrogen-bond acceptors (Lipinski definition) is 5. The van der Waals surface area contributed by atoms with Crippen LogP contribution in [0.2, 0.25) is 0 Å². The van der Waals surface area contributed by atoms with E-state index in [4.69, 9.17) is 10.8 Å². The maximum Gasteiger partial charge on any atom is 0.246 e. The van der Waals surface area contributed by atoms with Crippen molar-refractivity contribution in [2.24, 2.45) is 0 Å². The lowest BCUT2D eigenvalue weighted by molar-refractivity contribution is -0.125. The van der Waals surface area contributed by atoms with Gasteiger partial charge in [0.25, 0.3) is 0 Å². The molecule has 3 rings (SSSR count). The molecule has 0 spiro atoms. The molecule has 1 fully saturated rings. The summed E-state index contributed by atoms with van der Waals surface area (Å²) < 4.78 is 1.90. The van der Waals surface area contributed by atoms with E-state index in [-0.39, 0.29) is 17.9 Å². The summed E-state index contributed by atoms with van der Waals surface area (Å²) in [6.07, 6.45) is 3.66. The average Bonchev–Trinajstić information content (AvgIpc) is 3.11. The van der Waals surface area contributed by atoms with E-state index in [9.17, 15) is 4.79 Å². The molecule has 2 aromatic heterocycles. The van der Waals surface area contributed by atoms with Crippen LogP contribution in [0.3, 0.4) is 0 Å². The molecule has 0 aromatic carbocycles. The fraction of sp³-hybridized carbons (Fsp3) is 0.467. The van der Waals surface area contributed by atoms with Crippen molar-refractivity contribution in [3.8, 4) is 0 Å². The van der Waals surface area contributed by atoms with E-state index < -0.39 is 0 Å². The fourth-order valence-electron chi connectivity index (χ4n) is 2.95. The lowest BCUT2D eigenvalue weighted by Crippen LogP contribution is -2.27. The van der Waals surface area contributed by atoms with Crippen molar-refractivity contribution in [3.05, 3.63) is 24.7 Å². The van der Waals surface area contributed by atoms with Crippen molar-refractivity contribution < 1.29 is 4.79 Å². The molecule has 0 bridgehead atoms. The summed E-state index contributed by atoms with van der Waals surface area (Å²) in [5.41, 5.74) is 7.67. The second kappa shape index (κ2) is 5.40. The van der Waals surface area contributed by atoms with E-state index in [0.717, 1.165) is 23.1 Å². The maximum absolute atomic E-state index is 11.8. The number of fused-ring (bicyclic) bond motifs is 1. The van der Waals surface area contributed by atoms with Gasteiger partial charge >= 0.3 is 0 Å². The van der Waals surface area contributed by atoms with Crippen molar-refractivity contribution in [1.82, 2.24) is 24.6 Å². The number of carbonyl (C=O) groups is 1. The lowest BCUT2D eigenvalue weighted by Gasteiger charge is -2.14. The molecule has 1 aliphatic heterocycles. The third-order valence-corrected chi connectivity index (χ3v) is 4.09. The third-order valence-electron chi connectivity index (χ3n) is 4.09. The van der Waals surface area contributed by atoms with Gasteiger partial charge in [0.15, 0.2) is 5.65 Å². The van der Waals surface area contributed by atoms with Crippen molar-refractivity contribution in [2.75, 3.05) is 18.8 Å². The number of carbonyl (C=O) groups excluding carboxylic acids is 1. The van der Waals surface area contributed by atoms with Gasteiger partial charge in [0.05, 0.1) is 17.1 Å². The zero-order chi connectivity index (χ0) is 15.9. The van der Waals surface area contributed by atoms with Gasteiger partial charge in [-0.3, -0.25) is 4.79 Å². The summed E-state index contributed by atoms with van der Waals surface area (Å²) in [5.74, 6) is 0.638. The van der Waals surface area contributed by atoms with Gasteiger partial charge in [0.1, 0.15) is 12.1 Å². The molecule has 2 N–H and O–H groups in total. The van der Waals surface area contributed by atoms with Gasteiger partial charge in [-0.1, -0.05) is 20.4 Å². The number of nitrogens with two attached hydrogens (primary N) is 1. The molecule has 1 aliphatic rings.